The van der Waals surface area contributed by atoms with Gasteiger partial charge in [-0.2, -0.15) is 0 Å². The average molecular weight is 329 g/mol. The molecule has 0 N–H and O–H groups in total. The first-order valence-corrected chi connectivity index (χ1v) is 8.66. The van der Waals surface area contributed by atoms with Crippen molar-refractivity contribution < 1.29 is 9.31 Å². The van der Waals surface area contributed by atoms with Gasteiger partial charge in [0, 0.05) is 6.92 Å². The molecule has 0 bridgehead atoms. The molecule has 1 fully saturated rings. The normalized spacial score (nSPS) is 22.4. The number of fused-ring (bicyclic) bond motifs is 1. The van der Waals surface area contributed by atoms with Gasteiger partial charge in [0.1, 0.15) is 5.60 Å². The molecule has 3 aromatic rings. The van der Waals surface area contributed by atoms with E-state index in [4.69, 9.17) is 9.31 Å². The highest BCUT2D eigenvalue weighted by Gasteiger charge is 2.57. The van der Waals surface area contributed by atoms with Crippen molar-refractivity contribution >= 4 is 23.4 Å². The Balaban J connectivity index is 1.77. The molecule has 0 amide bonds. The number of rotatable bonds is 2. The van der Waals surface area contributed by atoms with Gasteiger partial charge in [0.15, 0.2) is 0 Å². The first-order chi connectivity index (χ1) is 11.9. The van der Waals surface area contributed by atoms with Crippen molar-refractivity contribution in [3.8, 4) is 11.1 Å². The van der Waals surface area contributed by atoms with Crippen LogP contribution in [0, 0.1) is 6.92 Å². The lowest BCUT2D eigenvalue weighted by molar-refractivity contribution is 0.0262. The van der Waals surface area contributed by atoms with Crippen LogP contribution in [0.15, 0.2) is 66.7 Å². The smallest absolute Gasteiger partial charge is 0.395 e. The maximum absolute atomic E-state index is 6.19. The van der Waals surface area contributed by atoms with E-state index in [-0.39, 0.29) is 0 Å². The summed E-state index contributed by atoms with van der Waals surface area (Å²) in [4.78, 5) is 0. The van der Waals surface area contributed by atoms with Crippen molar-refractivity contribution in [3.05, 3.63) is 73.7 Å². The van der Waals surface area contributed by atoms with Crippen LogP contribution in [-0.4, -0.2) is 18.3 Å². The van der Waals surface area contributed by atoms with Crippen molar-refractivity contribution in [1.82, 2.24) is 0 Å². The fourth-order valence-electron chi connectivity index (χ4n) is 3.25. The van der Waals surface area contributed by atoms with Crippen LogP contribution in [0.25, 0.3) is 21.9 Å². The summed E-state index contributed by atoms with van der Waals surface area (Å²) in [7, 11) is -0.399. The quantitative estimate of drug-likeness (QED) is 0.504. The van der Waals surface area contributed by atoms with Crippen LogP contribution in [0.1, 0.15) is 20.8 Å². The van der Waals surface area contributed by atoms with E-state index in [2.05, 4.69) is 67.6 Å². The SMILES string of the molecule is [CH2+]C1(C)OB(c2cccc3cc(-c4ccccc4)ccc23)OC1(C)C. The van der Waals surface area contributed by atoms with E-state index in [9.17, 15) is 0 Å². The van der Waals surface area contributed by atoms with E-state index >= 15 is 0 Å². The molecule has 0 saturated carbocycles. The highest BCUT2D eigenvalue weighted by Crippen LogP contribution is 2.37. The Morgan fingerprint density at radius 3 is 2.24 bits per heavy atom. The van der Waals surface area contributed by atoms with Gasteiger partial charge in [0.25, 0.3) is 0 Å². The summed E-state index contributed by atoms with van der Waals surface area (Å²) in [6.45, 7) is 10.2. The monoisotopic (exact) mass is 329 g/mol. The van der Waals surface area contributed by atoms with Crippen LogP contribution in [0.5, 0.6) is 0 Å². The second-order valence-electron chi connectivity index (χ2n) is 7.46. The van der Waals surface area contributed by atoms with E-state index in [1.165, 1.54) is 16.5 Å². The summed E-state index contributed by atoms with van der Waals surface area (Å²) in [6.07, 6.45) is 0. The highest BCUT2D eigenvalue weighted by molar-refractivity contribution is 6.65. The molecule has 124 valence electrons. The van der Waals surface area contributed by atoms with E-state index in [1.54, 1.807) is 0 Å². The van der Waals surface area contributed by atoms with Gasteiger partial charge in [-0.05, 0) is 47.3 Å². The lowest BCUT2D eigenvalue weighted by Crippen LogP contribution is -2.42. The summed E-state index contributed by atoms with van der Waals surface area (Å²) in [5, 5.41) is 2.34. The van der Waals surface area contributed by atoms with Gasteiger partial charge in [0.05, 0.1) is 6.92 Å². The number of benzene rings is 3. The molecule has 0 aliphatic carbocycles. The predicted molar refractivity (Wildman–Crippen MR) is 105 cm³/mol. The van der Waals surface area contributed by atoms with Gasteiger partial charge >= 0.3 is 7.12 Å². The van der Waals surface area contributed by atoms with Gasteiger partial charge in [-0.1, -0.05) is 60.7 Å². The van der Waals surface area contributed by atoms with Gasteiger partial charge < -0.3 is 9.31 Å². The number of hydrogen-bond donors (Lipinski definition) is 0. The van der Waals surface area contributed by atoms with Crippen LogP contribution in [0.3, 0.4) is 0 Å². The molecule has 1 heterocycles. The van der Waals surface area contributed by atoms with E-state index in [0.29, 0.717) is 0 Å². The maximum Gasteiger partial charge on any atom is 0.498 e. The minimum absolute atomic E-state index is 0.399. The zero-order chi connectivity index (χ0) is 17.7. The van der Waals surface area contributed by atoms with E-state index in [0.717, 1.165) is 10.8 Å². The third kappa shape index (κ3) is 2.74. The first-order valence-electron chi connectivity index (χ1n) is 8.66. The fraction of sp³-hybridized carbons (Fsp3) is 0.227. The molecule has 1 aliphatic heterocycles. The summed E-state index contributed by atoms with van der Waals surface area (Å²) in [5.74, 6) is 0. The lowest BCUT2D eigenvalue weighted by atomic mass is 9.76. The van der Waals surface area contributed by atoms with Gasteiger partial charge in [-0.15, -0.1) is 0 Å². The minimum atomic E-state index is -0.580. The molecular formula is C22H22BO2+. The maximum atomic E-state index is 6.19. The van der Waals surface area contributed by atoms with Crippen LogP contribution in [0.4, 0.5) is 0 Å². The highest BCUT2D eigenvalue weighted by atomic mass is 16.7. The second kappa shape index (κ2) is 5.65. The predicted octanol–water partition coefficient (Wildman–Crippen LogP) is 4.62. The molecule has 0 aromatic heterocycles. The molecule has 0 spiro atoms. The van der Waals surface area contributed by atoms with Crippen molar-refractivity contribution in [2.75, 3.05) is 0 Å². The Labute approximate surface area is 149 Å². The molecule has 2 nitrogen and oxygen atoms in total. The summed E-state index contributed by atoms with van der Waals surface area (Å²) in [5.41, 5.74) is 2.46. The lowest BCUT2D eigenvalue weighted by Gasteiger charge is -2.25. The van der Waals surface area contributed by atoms with E-state index in [1.807, 2.05) is 26.8 Å². The Hall–Kier alpha value is -2.23. The third-order valence-electron chi connectivity index (χ3n) is 5.32. The van der Waals surface area contributed by atoms with Crippen molar-refractivity contribution in [2.24, 2.45) is 0 Å². The summed E-state index contributed by atoms with van der Waals surface area (Å²) >= 11 is 0. The largest absolute Gasteiger partial charge is 0.498 e. The van der Waals surface area contributed by atoms with Crippen molar-refractivity contribution in [3.63, 3.8) is 0 Å². The average Bonchev–Trinajstić information content (AvgIpc) is 2.82. The Morgan fingerprint density at radius 1 is 0.800 bits per heavy atom. The van der Waals surface area contributed by atoms with Crippen LogP contribution >= 0.6 is 0 Å². The molecule has 3 heteroatoms. The topological polar surface area (TPSA) is 18.5 Å². The van der Waals surface area contributed by atoms with E-state index < -0.39 is 18.3 Å². The fourth-order valence-corrected chi connectivity index (χ4v) is 3.25. The molecular weight excluding hydrogens is 307 g/mol. The Kier molecular flexibility index (Phi) is 3.68. The van der Waals surface area contributed by atoms with Crippen LogP contribution in [-0.2, 0) is 9.31 Å². The van der Waals surface area contributed by atoms with Gasteiger partial charge in [-0.3, -0.25) is 0 Å². The third-order valence-corrected chi connectivity index (χ3v) is 5.32. The molecule has 1 atom stereocenters. The van der Waals surface area contributed by atoms with Crippen molar-refractivity contribution in [1.29, 1.82) is 0 Å². The molecule has 0 radical (unpaired) electrons. The summed E-state index contributed by atoms with van der Waals surface area (Å²) in [6, 6.07) is 23.2. The van der Waals surface area contributed by atoms with Gasteiger partial charge in [-0.25, -0.2) is 0 Å². The van der Waals surface area contributed by atoms with Crippen LogP contribution < -0.4 is 5.46 Å². The Bertz CT molecular complexity index is 900. The molecule has 1 saturated heterocycles. The van der Waals surface area contributed by atoms with Crippen molar-refractivity contribution in [2.45, 2.75) is 32.0 Å². The Morgan fingerprint density at radius 2 is 1.56 bits per heavy atom. The summed E-state index contributed by atoms with van der Waals surface area (Å²) < 4.78 is 12.3. The zero-order valence-electron chi connectivity index (χ0n) is 15.0. The van der Waals surface area contributed by atoms with Gasteiger partial charge in [0.2, 0.25) is 5.60 Å². The second-order valence-corrected chi connectivity index (χ2v) is 7.46. The molecule has 1 unspecified atom stereocenters. The molecule has 25 heavy (non-hydrogen) atoms. The molecule has 3 aromatic carbocycles. The minimum Gasteiger partial charge on any atom is -0.395 e. The number of hydrogen-bond acceptors (Lipinski definition) is 2. The first kappa shape index (κ1) is 16.3. The standard InChI is InChI=1S/C22H22BO2/c1-21(2)22(3,4)25-23(24-21)20-12-8-11-18-15-17(13-14-19(18)20)16-9-6-5-7-10-16/h5-15H,1H2,2-4H3/q+1. The van der Waals surface area contributed by atoms with Crippen LogP contribution in [0.2, 0.25) is 0 Å². The zero-order valence-corrected chi connectivity index (χ0v) is 15.0. The molecule has 4 rings (SSSR count). The molecule has 1 aliphatic rings.